The lowest BCUT2D eigenvalue weighted by Gasteiger charge is -2.28. The number of amides is 1. The first-order valence-corrected chi connectivity index (χ1v) is 6.10. The molecule has 18 heavy (non-hydrogen) atoms. The van der Waals surface area contributed by atoms with Gasteiger partial charge < -0.3 is 10.0 Å². The van der Waals surface area contributed by atoms with Gasteiger partial charge in [0, 0.05) is 13.6 Å². The van der Waals surface area contributed by atoms with E-state index in [0.717, 1.165) is 31.9 Å². The first kappa shape index (κ1) is 13.0. The summed E-state index contributed by atoms with van der Waals surface area (Å²) in [5, 5.41) is 10.2. The third-order valence-corrected chi connectivity index (χ3v) is 3.36. The molecule has 98 valence electrons. The Morgan fingerprint density at radius 2 is 2.17 bits per heavy atom. The van der Waals surface area contributed by atoms with Gasteiger partial charge in [-0.05, 0) is 25.0 Å². The minimum Gasteiger partial charge on any atom is -0.388 e. The number of pyridine rings is 1. The summed E-state index contributed by atoms with van der Waals surface area (Å²) in [6.45, 7) is 0.297. The van der Waals surface area contributed by atoms with Crippen LogP contribution in [-0.4, -0.2) is 40.1 Å². The van der Waals surface area contributed by atoms with Gasteiger partial charge in [0.25, 0.3) is 5.91 Å². The van der Waals surface area contributed by atoms with E-state index in [1.807, 2.05) is 0 Å². The van der Waals surface area contributed by atoms with Gasteiger partial charge in [0.05, 0.1) is 11.8 Å². The number of carbonyl (C=O) groups is 1. The number of carbonyl (C=O) groups excluding carboxylic acids is 1. The van der Waals surface area contributed by atoms with Crippen LogP contribution in [0.1, 0.15) is 36.2 Å². The molecule has 1 saturated carbocycles. The zero-order chi connectivity index (χ0) is 13.2. The molecule has 1 aromatic heterocycles. The molecule has 5 heteroatoms. The molecular formula is C13H17FN2O2. The summed E-state index contributed by atoms with van der Waals surface area (Å²) >= 11 is 0. The first-order valence-electron chi connectivity index (χ1n) is 6.10. The lowest BCUT2D eigenvalue weighted by atomic mass is 10.0. The molecule has 1 aliphatic rings. The SMILES string of the molecule is CN(CC1(O)CCCC1)C(=O)c1ccc(F)cn1. The third-order valence-electron chi connectivity index (χ3n) is 3.36. The molecule has 0 unspecified atom stereocenters. The molecule has 4 nitrogen and oxygen atoms in total. The zero-order valence-electron chi connectivity index (χ0n) is 10.4. The topological polar surface area (TPSA) is 53.4 Å². The molecule has 1 fully saturated rings. The summed E-state index contributed by atoms with van der Waals surface area (Å²) in [5.41, 5.74) is -0.578. The van der Waals surface area contributed by atoms with Gasteiger partial charge in [-0.25, -0.2) is 9.37 Å². The summed E-state index contributed by atoms with van der Waals surface area (Å²) in [5.74, 6) is -0.765. The molecule has 1 N–H and O–H groups in total. The van der Waals surface area contributed by atoms with Gasteiger partial charge >= 0.3 is 0 Å². The summed E-state index contributed by atoms with van der Waals surface area (Å²) < 4.78 is 12.7. The molecular weight excluding hydrogens is 235 g/mol. The number of hydrogen-bond acceptors (Lipinski definition) is 3. The maximum Gasteiger partial charge on any atom is 0.272 e. The minimum atomic E-state index is -0.773. The Morgan fingerprint density at radius 3 is 2.72 bits per heavy atom. The molecule has 0 bridgehead atoms. The Morgan fingerprint density at radius 1 is 1.50 bits per heavy atom. The molecule has 0 atom stereocenters. The van der Waals surface area contributed by atoms with Gasteiger partial charge in [0.1, 0.15) is 11.5 Å². The Labute approximate surface area is 105 Å². The van der Waals surface area contributed by atoms with Crippen LogP contribution >= 0.6 is 0 Å². The van der Waals surface area contributed by atoms with Crippen LogP contribution in [0.5, 0.6) is 0 Å². The molecule has 2 rings (SSSR count). The normalized spacial score (nSPS) is 17.7. The van der Waals surface area contributed by atoms with Gasteiger partial charge in [0.2, 0.25) is 0 Å². The van der Waals surface area contributed by atoms with Crippen molar-refractivity contribution < 1.29 is 14.3 Å². The molecule has 0 aromatic carbocycles. The van der Waals surface area contributed by atoms with Crippen LogP contribution < -0.4 is 0 Å². The Hall–Kier alpha value is -1.49. The highest BCUT2D eigenvalue weighted by atomic mass is 19.1. The number of aliphatic hydroxyl groups is 1. The quantitative estimate of drug-likeness (QED) is 0.889. The van der Waals surface area contributed by atoms with E-state index in [9.17, 15) is 14.3 Å². The maximum atomic E-state index is 12.7. The molecule has 1 amide bonds. The van der Waals surface area contributed by atoms with Crippen LogP contribution in [0.2, 0.25) is 0 Å². The fourth-order valence-corrected chi connectivity index (χ4v) is 2.40. The molecule has 0 saturated heterocycles. The van der Waals surface area contributed by atoms with Gasteiger partial charge in [-0.3, -0.25) is 4.79 Å². The van der Waals surface area contributed by atoms with Gasteiger partial charge in [-0.15, -0.1) is 0 Å². The number of nitrogens with zero attached hydrogens (tertiary/aromatic N) is 2. The van der Waals surface area contributed by atoms with Crippen LogP contribution in [0.25, 0.3) is 0 Å². The summed E-state index contributed by atoms with van der Waals surface area (Å²) in [7, 11) is 1.63. The Bertz CT molecular complexity index is 427. The predicted molar refractivity (Wildman–Crippen MR) is 64.6 cm³/mol. The van der Waals surface area contributed by atoms with Crippen molar-refractivity contribution in [1.82, 2.24) is 9.88 Å². The van der Waals surface area contributed by atoms with Crippen molar-refractivity contribution in [2.75, 3.05) is 13.6 Å². The number of rotatable bonds is 3. The van der Waals surface area contributed by atoms with Crippen molar-refractivity contribution in [3.05, 3.63) is 29.8 Å². The molecule has 0 aliphatic heterocycles. The standard InChI is InChI=1S/C13H17FN2O2/c1-16(9-13(18)6-2-3-7-13)12(17)11-5-4-10(14)8-15-11/h4-5,8,18H,2-3,6-7,9H2,1H3. The average Bonchev–Trinajstić information content (AvgIpc) is 2.76. The summed E-state index contributed by atoms with van der Waals surface area (Å²) in [4.78, 5) is 17.2. The van der Waals surface area contributed by atoms with Gasteiger partial charge in [0.15, 0.2) is 0 Å². The van der Waals surface area contributed by atoms with E-state index in [2.05, 4.69) is 4.98 Å². The van der Waals surface area contributed by atoms with Crippen molar-refractivity contribution in [2.45, 2.75) is 31.3 Å². The van der Waals surface area contributed by atoms with E-state index in [0.29, 0.717) is 6.54 Å². The second kappa shape index (κ2) is 5.02. The van der Waals surface area contributed by atoms with E-state index in [-0.39, 0.29) is 11.6 Å². The van der Waals surface area contributed by atoms with Gasteiger partial charge in [-0.1, -0.05) is 12.8 Å². The highest BCUT2D eigenvalue weighted by Crippen LogP contribution is 2.30. The average molecular weight is 252 g/mol. The van der Waals surface area contributed by atoms with E-state index >= 15 is 0 Å². The van der Waals surface area contributed by atoms with Crippen molar-refractivity contribution in [3.8, 4) is 0 Å². The second-order valence-corrected chi connectivity index (χ2v) is 4.95. The lowest BCUT2D eigenvalue weighted by molar-refractivity contribution is 0.0155. The fourth-order valence-electron chi connectivity index (χ4n) is 2.40. The molecule has 0 radical (unpaired) electrons. The van der Waals surface area contributed by atoms with Crippen LogP contribution in [0, 0.1) is 5.82 Å². The monoisotopic (exact) mass is 252 g/mol. The largest absolute Gasteiger partial charge is 0.388 e. The highest BCUT2D eigenvalue weighted by Gasteiger charge is 2.33. The van der Waals surface area contributed by atoms with Crippen LogP contribution in [0.3, 0.4) is 0 Å². The lowest BCUT2D eigenvalue weighted by Crippen LogP contribution is -2.42. The van der Waals surface area contributed by atoms with E-state index in [4.69, 9.17) is 0 Å². The predicted octanol–water partition coefficient (Wildman–Crippen LogP) is 1.60. The van der Waals surface area contributed by atoms with Crippen LogP contribution in [-0.2, 0) is 0 Å². The smallest absolute Gasteiger partial charge is 0.272 e. The Kier molecular flexibility index (Phi) is 3.61. The highest BCUT2D eigenvalue weighted by molar-refractivity contribution is 5.92. The number of likely N-dealkylation sites (N-methyl/N-ethyl adjacent to an activating group) is 1. The second-order valence-electron chi connectivity index (χ2n) is 4.95. The van der Waals surface area contributed by atoms with Crippen molar-refractivity contribution >= 4 is 5.91 Å². The first-order chi connectivity index (χ1) is 8.50. The number of halogens is 1. The molecule has 1 heterocycles. The summed E-state index contributed by atoms with van der Waals surface area (Å²) in [6, 6.07) is 2.56. The van der Waals surface area contributed by atoms with Crippen molar-refractivity contribution in [3.63, 3.8) is 0 Å². The maximum absolute atomic E-state index is 12.7. The minimum absolute atomic E-state index is 0.195. The Balaban J connectivity index is 2.02. The van der Waals surface area contributed by atoms with Crippen molar-refractivity contribution in [1.29, 1.82) is 0 Å². The summed E-state index contributed by atoms with van der Waals surface area (Å²) in [6.07, 6.45) is 4.45. The molecule has 1 aromatic rings. The van der Waals surface area contributed by atoms with E-state index < -0.39 is 11.4 Å². The zero-order valence-corrected chi connectivity index (χ0v) is 10.4. The molecule has 1 aliphatic carbocycles. The van der Waals surface area contributed by atoms with E-state index in [1.54, 1.807) is 7.05 Å². The van der Waals surface area contributed by atoms with Crippen LogP contribution in [0.4, 0.5) is 4.39 Å². The molecule has 0 spiro atoms. The van der Waals surface area contributed by atoms with E-state index in [1.165, 1.54) is 17.0 Å². The van der Waals surface area contributed by atoms with Crippen molar-refractivity contribution in [2.24, 2.45) is 0 Å². The number of hydrogen-bond donors (Lipinski definition) is 1. The van der Waals surface area contributed by atoms with Crippen LogP contribution in [0.15, 0.2) is 18.3 Å². The third kappa shape index (κ3) is 2.85. The van der Waals surface area contributed by atoms with Gasteiger partial charge in [-0.2, -0.15) is 0 Å². The number of aromatic nitrogens is 1. The fraction of sp³-hybridized carbons (Fsp3) is 0.538.